The molecule has 1 saturated carbocycles. The average Bonchev–Trinajstić information content (AvgIpc) is 3.52. The minimum atomic E-state index is -0.575. The Bertz CT molecular complexity index is 711. The first-order valence-electron chi connectivity index (χ1n) is 9.10. The van der Waals surface area contributed by atoms with Crippen LogP contribution in [0.3, 0.4) is 0 Å². The minimum Gasteiger partial charge on any atom is -0.497 e. The maximum atomic E-state index is 10.4. The molecule has 0 aliphatic heterocycles. The summed E-state index contributed by atoms with van der Waals surface area (Å²) >= 11 is 5.88. The minimum absolute atomic E-state index is 0.242. The summed E-state index contributed by atoms with van der Waals surface area (Å²) < 4.78 is 16.4. The third kappa shape index (κ3) is 6.03. The fraction of sp³-hybridized carbons (Fsp3) is 0.429. The van der Waals surface area contributed by atoms with Gasteiger partial charge < -0.3 is 19.3 Å². The van der Waals surface area contributed by atoms with Crippen molar-refractivity contribution in [3.8, 4) is 17.2 Å². The van der Waals surface area contributed by atoms with Gasteiger partial charge in [0.1, 0.15) is 30.0 Å². The highest BCUT2D eigenvalue weighted by Crippen LogP contribution is 2.30. The maximum Gasteiger partial charge on any atom is 0.122 e. The molecule has 1 atom stereocenters. The van der Waals surface area contributed by atoms with Crippen LogP contribution in [0, 0.1) is 0 Å². The summed E-state index contributed by atoms with van der Waals surface area (Å²) in [5.74, 6) is 2.24. The lowest BCUT2D eigenvalue weighted by molar-refractivity contribution is 0.0626. The average molecular weight is 392 g/mol. The summed E-state index contributed by atoms with van der Waals surface area (Å²) in [5, 5.41) is 11.1. The maximum absolute atomic E-state index is 10.4. The monoisotopic (exact) mass is 391 g/mol. The van der Waals surface area contributed by atoms with Crippen molar-refractivity contribution in [3.63, 3.8) is 0 Å². The van der Waals surface area contributed by atoms with E-state index in [2.05, 4.69) is 4.90 Å². The molecular weight excluding hydrogens is 366 g/mol. The predicted molar refractivity (Wildman–Crippen MR) is 106 cm³/mol. The lowest BCUT2D eigenvalue weighted by Crippen LogP contribution is -2.36. The van der Waals surface area contributed by atoms with Gasteiger partial charge in [-0.1, -0.05) is 11.6 Å². The van der Waals surface area contributed by atoms with Gasteiger partial charge in [0.25, 0.3) is 0 Å². The van der Waals surface area contributed by atoms with Crippen LogP contribution in [0.5, 0.6) is 17.2 Å². The molecule has 2 aromatic rings. The summed E-state index contributed by atoms with van der Waals surface area (Å²) in [5.41, 5.74) is 1.10. The van der Waals surface area contributed by atoms with Gasteiger partial charge in [-0.05, 0) is 54.8 Å². The number of aliphatic hydroxyl groups is 1. The molecule has 5 nitrogen and oxygen atoms in total. The van der Waals surface area contributed by atoms with Crippen LogP contribution in [0.2, 0.25) is 5.02 Å². The number of benzene rings is 2. The van der Waals surface area contributed by atoms with Crippen LogP contribution in [0.25, 0.3) is 0 Å². The lowest BCUT2D eigenvalue weighted by Gasteiger charge is -2.25. The number of aliphatic hydroxyl groups excluding tert-OH is 1. The van der Waals surface area contributed by atoms with E-state index in [0.29, 0.717) is 23.4 Å². The second-order valence-corrected chi connectivity index (χ2v) is 7.24. The third-order valence-corrected chi connectivity index (χ3v) is 4.81. The van der Waals surface area contributed by atoms with E-state index < -0.39 is 6.10 Å². The molecule has 146 valence electrons. The molecule has 0 radical (unpaired) electrons. The highest BCUT2D eigenvalue weighted by Gasteiger charge is 2.30. The molecule has 0 heterocycles. The van der Waals surface area contributed by atoms with Crippen molar-refractivity contribution in [3.05, 3.63) is 53.1 Å². The molecule has 1 fully saturated rings. The quantitative estimate of drug-likeness (QED) is 0.668. The van der Waals surface area contributed by atoms with Gasteiger partial charge in [-0.2, -0.15) is 0 Å². The molecule has 0 bridgehead atoms. The summed E-state index contributed by atoms with van der Waals surface area (Å²) in [6.45, 7) is 1.53. The highest BCUT2D eigenvalue weighted by atomic mass is 35.5. The van der Waals surface area contributed by atoms with Gasteiger partial charge in [0.15, 0.2) is 0 Å². The second-order valence-electron chi connectivity index (χ2n) is 6.80. The molecule has 6 heteroatoms. The summed E-state index contributed by atoms with van der Waals surface area (Å²) in [6.07, 6.45) is 1.74. The van der Waals surface area contributed by atoms with Crippen molar-refractivity contribution in [1.82, 2.24) is 4.90 Å². The van der Waals surface area contributed by atoms with Crippen LogP contribution in [0.4, 0.5) is 0 Å². The zero-order valence-electron chi connectivity index (χ0n) is 15.7. The van der Waals surface area contributed by atoms with Crippen molar-refractivity contribution in [2.75, 3.05) is 27.4 Å². The molecule has 0 saturated heterocycles. The molecule has 1 aliphatic carbocycles. The smallest absolute Gasteiger partial charge is 0.122 e. The van der Waals surface area contributed by atoms with E-state index in [4.69, 9.17) is 25.8 Å². The molecule has 3 rings (SSSR count). The predicted octanol–water partition coefficient (Wildman–Crippen LogP) is 3.76. The Morgan fingerprint density at radius 3 is 2.22 bits per heavy atom. The van der Waals surface area contributed by atoms with Gasteiger partial charge in [0.05, 0.1) is 14.2 Å². The van der Waals surface area contributed by atoms with E-state index in [0.717, 1.165) is 36.4 Å². The van der Waals surface area contributed by atoms with Crippen molar-refractivity contribution >= 4 is 11.6 Å². The van der Waals surface area contributed by atoms with E-state index in [1.54, 1.807) is 38.5 Å². The molecule has 1 N–H and O–H groups in total. The van der Waals surface area contributed by atoms with Crippen LogP contribution in [-0.2, 0) is 6.54 Å². The van der Waals surface area contributed by atoms with Crippen molar-refractivity contribution in [1.29, 1.82) is 0 Å². The largest absolute Gasteiger partial charge is 0.497 e. The zero-order chi connectivity index (χ0) is 19.2. The van der Waals surface area contributed by atoms with Gasteiger partial charge >= 0.3 is 0 Å². The summed E-state index contributed by atoms with van der Waals surface area (Å²) in [7, 11) is 3.30. The van der Waals surface area contributed by atoms with Crippen LogP contribution in [0.1, 0.15) is 18.4 Å². The standard InChI is InChI=1S/C21H26ClNO4/c1-25-20-9-15(10-21(11-20)26-2)12-23(17-5-6-17)13-18(24)14-27-19-7-3-16(22)4-8-19/h3-4,7-11,17-18,24H,5-6,12-14H2,1-2H3. The molecule has 27 heavy (non-hydrogen) atoms. The number of nitrogens with zero attached hydrogens (tertiary/aromatic N) is 1. The number of ether oxygens (including phenoxy) is 3. The number of methoxy groups -OCH3 is 2. The van der Waals surface area contributed by atoms with Crippen LogP contribution < -0.4 is 14.2 Å². The Morgan fingerprint density at radius 2 is 1.67 bits per heavy atom. The van der Waals surface area contributed by atoms with Crippen LogP contribution in [0.15, 0.2) is 42.5 Å². The molecule has 1 aliphatic rings. The second kappa shape index (κ2) is 9.31. The molecule has 0 aromatic heterocycles. The van der Waals surface area contributed by atoms with Gasteiger partial charge in [-0.15, -0.1) is 0 Å². The lowest BCUT2D eigenvalue weighted by atomic mass is 10.1. The van der Waals surface area contributed by atoms with Gasteiger partial charge in [-0.3, -0.25) is 4.90 Å². The SMILES string of the molecule is COc1cc(CN(CC(O)COc2ccc(Cl)cc2)C2CC2)cc(OC)c1. The summed E-state index contributed by atoms with van der Waals surface area (Å²) in [4.78, 5) is 2.30. The highest BCUT2D eigenvalue weighted by molar-refractivity contribution is 6.30. The van der Waals surface area contributed by atoms with E-state index in [1.165, 1.54) is 0 Å². The first kappa shape index (κ1) is 19.8. The van der Waals surface area contributed by atoms with Crippen molar-refractivity contribution in [2.45, 2.75) is 31.5 Å². The molecule has 1 unspecified atom stereocenters. The Hall–Kier alpha value is -1.95. The van der Waals surface area contributed by atoms with Crippen molar-refractivity contribution < 1.29 is 19.3 Å². The third-order valence-electron chi connectivity index (χ3n) is 4.56. The topological polar surface area (TPSA) is 51.2 Å². The van der Waals surface area contributed by atoms with E-state index in [-0.39, 0.29) is 6.61 Å². The number of rotatable bonds is 10. The fourth-order valence-corrected chi connectivity index (χ4v) is 3.15. The summed E-state index contributed by atoms with van der Waals surface area (Å²) in [6, 6.07) is 13.5. The first-order chi connectivity index (χ1) is 13.1. The first-order valence-corrected chi connectivity index (χ1v) is 9.47. The Morgan fingerprint density at radius 1 is 1.04 bits per heavy atom. The van der Waals surface area contributed by atoms with E-state index in [9.17, 15) is 5.11 Å². The Kier molecular flexibility index (Phi) is 6.83. The Balaban J connectivity index is 1.58. The zero-order valence-corrected chi connectivity index (χ0v) is 16.5. The van der Waals surface area contributed by atoms with Gasteiger partial charge in [-0.25, -0.2) is 0 Å². The van der Waals surface area contributed by atoms with E-state index >= 15 is 0 Å². The molecule has 0 spiro atoms. The van der Waals surface area contributed by atoms with Crippen LogP contribution in [-0.4, -0.2) is 49.5 Å². The molecule has 0 amide bonds. The Labute approximate surface area is 165 Å². The normalized spacial score (nSPS) is 14.9. The molecular formula is C21H26ClNO4. The van der Waals surface area contributed by atoms with Gasteiger partial charge in [0, 0.05) is 30.2 Å². The van der Waals surface area contributed by atoms with E-state index in [1.807, 2.05) is 18.2 Å². The number of hydrogen-bond acceptors (Lipinski definition) is 5. The van der Waals surface area contributed by atoms with Crippen molar-refractivity contribution in [2.24, 2.45) is 0 Å². The number of hydrogen-bond donors (Lipinski definition) is 1. The van der Waals surface area contributed by atoms with Gasteiger partial charge in [0.2, 0.25) is 0 Å². The van der Waals surface area contributed by atoms with Crippen LogP contribution >= 0.6 is 11.6 Å². The number of halogens is 1. The molecule has 2 aromatic carbocycles. The fourth-order valence-electron chi connectivity index (χ4n) is 3.02.